The van der Waals surface area contributed by atoms with E-state index in [-0.39, 0.29) is 5.78 Å². The van der Waals surface area contributed by atoms with E-state index < -0.39 is 0 Å². The second-order valence-electron chi connectivity index (χ2n) is 5.53. The predicted molar refractivity (Wildman–Crippen MR) is 80.6 cm³/mol. The maximum Gasteiger partial charge on any atom is 0.159 e. The highest BCUT2D eigenvalue weighted by Gasteiger charge is 2.13. The van der Waals surface area contributed by atoms with Gasteiger partial charge in [0.1, 0.15) is 12.4 Å². The zero-order valence-corrected chi connectivity index (χ0v) is 12.7. The van der Waals surface area contributed by atoms with Crippen LogP contribution in [0, 0.1) is 6.92 Å². The Morgan fingerprint density at radius 2 is 1.95 bits per heavy atom. The Kier molecular flexibility index (Phi) is 5.15. The van der Waals surface area contributed by atoms with Crippen LogP contribution in [0.5, 0.6) is 5.75 Å². The van der Waals surface area contributed by atoms with Crippen LogP contribution >= 0.6 is 0 Å². The van der Waals surface area contributed by atoms with Crippen molar-refractivity contribution in [2.45, 2.75) is 13.8 Å². The summed E-state index contributed by atoms with van der Waals surface area (Å²) in [5, 5.41) is 0. The summed E-state index contributed by atoms with van der Waals surface area (Å²) in [5.74, 6) is 0.973. The van der Waals surface area contributed by atoms with E-state index in [9.17, 15) is 4.79 Å². The molecule has 0 radical (unpaired) electrons. The average Bonchev–Trinajstić information content (AvgIpc) is 2.42. The number of carbonyl (C=O) groups is 1. The summed E-state index contributed by atoms with van der Waals surface area (Å²) >= 11 is 0. The van der Waals surface area contributed by atoms with E-state index in [4.69, 9.17) is 4.74 Å². The molecule has 1 aliphatic rings. The van der Waals surface area contributed by atoms with Gasteiger partial charge in [-0.2, -0.15) is 0 Å². The first-order valence-electron chi connectivity index (χ1n) is 7.21. The molecule has 0 spiro atoms. The zero-order chi connectivity index (χ0) is 14.5. The summed E-state index contributed by atoms with van der Waals surface area (Å²) in [6.07, 6.45) is 0. The molecule has 0 saturated carbocycles. The van der Waals surface area contributed by atoms with E-state index in [1.807, 2.05) is 25.1 Å². The molecule has 4 heteroatoms. The fraction of sp³-hybridized carbons (Fsp3) is 0.562. The minimum atomic E-state index is 0.0945. The van der Waals surface area contributed by atoms with Gasteiger partial charge in [0.15, 0.2) is 5.78 Å². The normalized spacial score (nSPS) is 17.1. The number of hydrogen-bond donors (Lipinski definition) is 0. The lowest BCUT2D eigenvalue weighted by Gasteiger charge is -2.32. The lowest BCUT2D eigenvalue weighted by molar-refractivity contribution is 0.101. The van der Waals surface area contributed by atoms with Crippen molar-refractivity contribution in [3.8, 4) is 5.75 Å². The van der Waals surface area contributed by atoms with Crippen LogP contribution in [-0.4, -0.2) is 62.0 Å². The number of nitrogens with zero attached hydrogens (tertiary/aromatic N) is 2. The Balaban J connectivity index is 1.81. The summed E-state index contributed by atoms with van der Waals surface area (Å²) in [4.78, 5) is 16.1. The minimum Gasteiger partial charge on any atom is -0.492 e. The molecular weight excluding hydrogens is 252 g/mol. The Bertz CT molecular complexity index is 466. The van der Waals surface area contributed by atoms with Crippen LogP contribution in [0.15, 0.2) is 18.2 Å². The number of ether oxygens (including phenoxy) is 1. The highest BCUT2D eigenvalue weighted by Crippen LogP contribution is 2.19. The number of rotatable bonds is 5. The highest BCUT2D eigenvalue weighted by atomic mass is 16.5. The van der Waals surface area contributed by atoms with Crippen molar-refractivity contribution >= 4 is 5.78 Å². The molecule has 4 nitrogen and oxygen atoms in total. The van der Waals surface area contributed by atoms with Crippen LogP contribution in [0.3, 0.4) is 0 Å². The molecular formula is C16H24N2O2. The van der Waals surface area contributed by atoms with E-state index in [1.54, 1.807) is 6.92 Å². The zero-order valence-electron chi connectivity index (χ0n) is 12.7. The number of ketones is 1. The second kappa shape index (κ2) is 6.86. The summed E-state index contributed by atoms with van der Waals surface area (Å²) in [6, 6.07) is 5.63. The lowest BCUT2D eigenvalue weighted by atomic mass is 10.1. The number of aryl methyl sites for hydroxylation is 1. The maximum atomic E-state index is 11.3. The third-order valence-corrected chi connectivity index (χ3v) is 3.84. The third kappa shape index (κ3) is 4.05. The van der Waals surface area contributed by atoms with Crippen LogP contribution in [0.1, 0.15) is 22.8 Å². The first-order chi connectivity index (χ1) is 9.56. The largest absolute Gasteiger partial charge is 0.492 e. The molecule has 0 unspecified atom stereocenters. The van der Waals surface area contributed by atoms with Crippen molar-refractivity contribution in [1.29, 1.82) is 0 Å². The highest BCUT2D eigenvalue weighted by molar-refractivity contribution is 5.94. The summed E-state index contributed by atoms with van der Waals surface area (Å²) in [6.45, 7) is 9.72. The lowest BCUT2D eigenvalue weighted by Crippen LogP contribution is -2.45. The maximum absolute atomic E-state index is 11.3. The fourth-order valence-electron chi connectivity index (χ4n) is 2.39. The van der Waals surface area contributed by atoms with Gasteiger partial charge in [0, 0.05) is 38.3 Å². The Morgan fingerprint density at radius 3 is 2.55 bits per heavy atom. The number of likely N-dealkylation sites (N-methyl/N-ethyl adjacent to an activating group) is 1. The van der Waals surface area contributed by atoms with Gasteiger partial charge in [-0.1, -0.05) is 0 Å². The molecule has 1 aromatic rings. The molecule has 0 bridgehead atoms. The van der Waals surface area contributed by atoms with Gasteiger partial charge in [-0.15, -0.1) is 0 Å². The average molecular weight is 276 g/mol. The molecule has 0 aromatic heterocycles. The number of benzene rings is 1. The van der Waals surface area contributed by atoms with Crippen LogP contribution in [-0.2, 0) is 0 Å². The minimum absolute atomic E-state index is 0.0945. The SMILES string of the molecule is CC(=O)c1ccc(OCCN2CCN(C)CC2)c(C)c1. The monoisotopic (exact) mass is 276 g/mol. The van der Waals surface area contributed by atoms with Crippen LogP contribution < -0.4 is 4.74 Å². The van der Waals surface area contributed by atoms with Gasteiger partial charge in [-0.3, -0.25) is 9.69 Å². The molecule has 1 saturated heterocycles. The quantitative estimate of drug-likeness (QED) is 0.768. The van der Waals surface area contributed by atoms with E-state index in [2.05, 4.69) is 16.8 Å². The second-order valence-corrected chi connectivity index (χ2v) is 5.53. The molecule has 1 fully saturated rings. The number of hydrogen-bond acceptors (Lipinski definition) is 4. The van der Waals surface area contributed by atoms with Gasteiger partial charge in [0.25, 0.3) is 0 Å². The topological polar surface area (TPSA) is 32.8 Å². The number of carbonyl (C=O) groups excluding carboxylic acids is 1. The first-order valence-corrected chi connectivity index (χ1v) is 7.21. The Hall–Kier alpha value is -1.39. The fourth-order valence-corrected chi connectivity index (χ4v) is 2.39. The smallest absolute Gasteiger partial charge is 0.159 e. The van der Waals surface area contributed by atoms with Crippen molar-refractivity contribution in [3.05, 3.63) is 29.3 Å². The van der Waals surface area contributed by atoms with Gasteiger partial charge < -0.3 is 9.64 Å². The Morgan fingerprint density at radius 1 is 1.25 bits per heavy atom. The van der Waals surface area contributed by atoms with Crippen molar-refractivity contribution in [2.75, 3.05) is 46.4 Å². The molecule has 110 valence electrons. The van der Waals surface area contributed by atoms with Crippen molar-refractivity contribution in [1.82, 2.24) is 9.80 Å². The third-order valence-electron chi connectivity index (χ3n) is 3.84. The van der Waals surface area contributed by atoms with Gasteiger partial charge in [-0.05, 0) is 44.7 Å². The van der Waals surface area contributed by atoms with Crippen LogP contribution in [0.4, 0.5) is 0 Å². The van der Waals surface area contributed by atoms with Crippen molar-refractivity contribution in [2.24, 2.45) is 0 Å². The van der Waals surface area contributed by atoms with E-state index in [0.717, 1.165) is 49.6 Å². The molecule has 2 rings (SSSR count). The van der Waals surface area contributed by atoms with Gasteiger partial charge >= 0.3 is 0 Å². The van der Waals surface area contributed by atoms with Crippen molar-refractivity contribution in [3.63, 3.8) is 0 Å². The summed E-state index contributed by atoms with van der Waals surface area (Å²) in [5.41, 5.74) is 1.77. The number of piperazine rings is 1. The van der Waals surface area contributed by atoms with Crippen LogP contribution in [0.2, 0.25) is 0 Å². The van der Waals surface area contributed by atoms with E-state index >= 15 is 0 Å². The molecule has 0 atom stereocenters. The van der Waals surface area contributed by atoms with Gasteiger partial charge in [0.2, 0.25) is 0 Å². The molecule has 20 heavy (non-hydrogen) atoms. The van der Waals surface area contributed by atoms with Gasteiger partial charge in [0.05, 0.1) is 0 Å². The number of Topliss-reactive ketones (excluding diaryl/α,β-unsaturated/α-hetero) is 1. The Labute approximate surface area is 121 Å². The first kappa shape index (κ1) is 15.0. The van der Waals surface area contributed by atoms with E-state index in [0.29, 0.717) is 6.61 Å². The van der Waals surface area contributed by atoms with Crippen molar-refractivity contribution < 1.29 is 9.53 Å². The molecule has 0 N–H and O–H groups in total. The van der Waals surface area contributed by atoms with E-state index in [1.165, 1.54) is 0 Å². The molecule has 1 aromatic carbocycles. The molecule has 0 aliphatic carbocycles. The summed E-state index contributed by atoms with van der Waals surface area (Å²) < 4.78 is 5.83. The van der Waals surface area contributed by atoms with Crippen LogP contribution in [0.25, 0.3) is 0 Å². The van der Waals surface area contributed by atoms with Gasteiger partial charge in [-0.25, -0.2) is 0 Å². The summed E-state index contributed by atoms with van der Waals surface area (Å²) in [7, 11) is 2.16. The molecule has 1 heterocycles. The molecule has 1 aliphatic heterocycles. The molecule has 0 amide bonds. The standard InChI is InChI=1S/C16H24N2O2/c1-13-12-15(14(2)19)4-5-16(13)20-11-10-18-8-6-17(3)7-9-18/h4-5,12H,6-11H2,1-3H3. The predicted octanol–water partition coefficient (Wildman–Crippen LogP) is 1.82.